The zero-order chi connectivity index (χ0) is 19.4. The van der Waals surface area contributed by atoms with Crippen molar-refractivity contribution in [2.45, 2.75) is 44.4 Å². The van der Waals surface area contributed by atoms with Gasteiger partial charge in [0, 0.05) is 30.1 Å². The van der Waals surface area contributed by atoms with Gasteiger partial charge in [-0.3, -0.25) is 9.59 Å². The zero-order valence-electron chi connectivity index (χ0n) is 15.7. The number of esters is 1. The molecule has 3 rings (SSSR count). The molecular formula is C17H23N5O4S. The predicted molar refractivity (Wildman–Crippen MR) is 98.7 cm³/mol. The maximum absolute atomic E-state index is 12.2. The molecule has 0 bridgehead atoms. The van der Waals surface area contributed by atoms with E-state index in [2.05, 4.69) is 20.4 Å². The van der Waals surface area contributed by atoms with Crippen molar-refractivity contribution in [3.05, 3.63) is 17.0 Å². The molecular weight excluding hydrogens is 370 g/mol. The van der Waals surface area contributed by atoms with Gasteiger partial charge in [0.25, 0.3) is 11.7 Å². The lowest BCUT2D eigenvalue weighted by molar-refractivity contribution is -0.148. The highest BCUT2D eigenvalue weighted by Gasteiger charge is 2.19. The molecule has 2 aromatic rings. The zero-order valence-corrected chi connectivity index (χ0v) is 16.5. The van der Waals surface area contributed by atoms with Crippen LogP contribution in [0.1, 0.15) is 29.8 Å². The van der Waals surface area contributed by atoms with Crippen molar-refractivity contribution in [3.63, 3.8) is 0 Å². The predicted octanol–water partition coefficient (Wildman–Crippen LogP) is 0.844. The van der Waals surface area contributed by atoms with Crippen LogP contribution in [0, 0.1) is 13.8 Å². The maximum Gasteiger partial charge on any atom is 0.310 e. The highest BCUT2D eigenvalue weighted by atomic mass is 32.2. The topological polar surface area (TPSA) is 108 Å². The Kier molecular flexibility index (Phi) is 6.27. The van der Waals surface area contributed by atoms with Crippen molar-refractivity contribution >= 4 is 29.4 Å². The second-order valence-electron chi connectivity index (χ2n) is 6.35. The number of carbonyl (C=O) groups excluding carboxylic acids is 2. The fourth-order valence-corrected chi connectivity index (χ4v) is 3.29. The summed E-state index contributed by atoms with van der Waals surface area (Å²) in [7, 11) is 0. The van der Waals surface area contributed by atoms with Crippen LogP contribution in [-0.4, -0.2) is 63.6 Å². The minimum atomic E-state index is -0.486. The van der Waals surface area contributed by atoms with Crippen LogP contribution in [0.3, 0.4) is 0 Å². The van der Waals surface area contributed by atoms with Gasteiger partial charge in [0.15, 0.2) is 6.61 Å². The molecule has 0 aromatic carbocycles. The van der Waals surface area contributed by atoms with Crippen molar-refractivity contribution in [3.8, 4) is 0 Å². The second kappa shape index (κ2) is 8.66. The van der Waals surface area contributed by atoms with E-state index >= 15 is 0 Å². The standard InChI is InChI=1S/C17H23N5O4S/c1-10-13(11(2)22-16(19-10)20-17(21-22)27-3)7-15(24)26-9-14(23)18-8-12-5-4-6-25-12/h12H,4-9H2,1-3H3,(H,18,23)/t12-/m1/s1. The van der Waals surface area contributed by atoms with Crippen molar-refractivity contribution < 1.29 is 19.1 Å². The minimum Gasteiger partial charge on any atom is -0.455 e. The molecule has 1 N–H and O–H groups in total. The Balaban J connectivity index is 1.56. The number of nitrogens with zero attached hydrogens (tertiary/aromatic N) is 4. The number of thioether (sulfide) groups is 1. The number of aryl methyl sites for hydroxylation is 2. The summed E-state index contributed by atoms with van der Waals surface area (Å²) < 4.78 is 12.2. The molecule has 1 aliphatic heterocycles. The molecule has 3 heterocycles. The Morgan fingerprint density at radius 2 is 2.19 bits per heavy atom. The number of carbonyl (C=O) groups is 2. The van der Waals surface area contributed by atoms with Gasteiger partial charge >= 0.3 is 5.97 Å². The quantitative estimate of drug-likeness (QED) is 0.545. The van der Waals surface area contributed by atoms with Crippen LogP contribution in [0.15, 0.2) is 5.16 Å². The van der Waals surface area contributed by atoms with Gasteiger partial charge < -0.3 is 14.8 Å². The molecule has 0 saturated carbocycles. The van der Waals surface area contributed by atoms with Crippen LogP contribution < -0.4 is 5.32 Å². The summed E-state index contributed by atoms with van der Waals surface area (Å²) in [4.78, 5) is 32.7. The normalized spacial score (nSPS) is 16.6. The maximum atomic E-state index is 12.2. The van der Waals surface area contributed by atoms with E-state index < -0.39 is 5.97 Å². The molecule has 1 fully saturated rings. The van der Waals surface area contributed by atoms with E-state index in [1.807, 2.05) is 20.1 Å². The van der Waals surface area contributed by atoms with Gasteiger partial charge in [-0.2, -0.15) is 4.98 Å². The van der Waals surface area contributed by atoms with Crippen LogP contribution in [0.5, 0.6) is 0 Å². The molecule has 2 aromatic heterocycles. The number of nitrogens with one attached hydrogen (secondary N) is 1. The van der Waals surface area contributed by atoms with Crippen molar-refractivity contribution in [2.75, 3.05) is 26.0 Å². The first-order chi connectivity index (χ1) is 13.0. The van der Waals surface area contributed by atoms with Gasteiger partial charge in [-0.1, -0.05) is 11.8 Å². The molecule has 0 unspecified atom stereocenters. The molecule has 1 amide bonds. The van der Waals surface area contributed by atoms with E-state index in [1.54, 1.807) is 4.52 Å². The summed E-state index contributed by atoms with van der Waals surface area (Å²) >= 11 is 1.43. The largest absolute Gasteiger partial charge is 0.455 e. The van der Waals surface area contributed by atoms with E-state index in [-0.39, 0.29) is 25.0 Å². The number of ether oxygens (including phenoxy) is 2. The highest BCUT2D eigenvalue weighted by molar-refractivity contribution is 7.98. The summed E-state index contributed by atoms with van der Waals surface area (Å²) in [5.41, 5.74) is 2.20. The Morgan fingerprint density at radius 1 is 1.37 bits per heavy atom. The van der Waals surface area contributed by atoms with Crippen LogP contribution in [0.2, 0.25) is 0 Å². The van der Waals surface area contributed by atoms with E-state index in [0.29, 0.717) is 23.2 Å². The molecule has 1 atom stereocenters. The second-order valence-corrected chi connectivity index (χ2v) is 7.12. The molecule has 9 nitrogen and oxygen atoms in total. The van der Waals surface area contributed by atoms with E-state index in [9.17, 15) is 9.59 Å². The molecule has 0 radical (unpaired) electrons. The van der Waals surface area contributed by atoms with Gasteiger partial charge in [0.1, 0.15) is 0 Å². The number of aromatic nitrogens is 4. The SMILES string of the molecule is CSc1nc2nc(C)c(CC(=O)OCC(=O)NC[C@H]3CCCO3)c(C)n2n1. The Hall–Kier alpha value is -2.20. The lowest BCUT2D eigenvalue weighted by atomic mass is 10.1. The first kappa shape index (κ1) is 19.6. The minimum absolute atomic E-state index is 0.0219. The molecule has 1 aliphatic rings. The number of amides is 1. The number of hydrogen-bond acceptors (Lipinski definition) is 8. The summed E-state index contributed by atoms with van der Waals surface area (Å²) in [5.74, 6) is -0.318. The lowest BCUT2D eigenvalue weighted by Gasteiger charge is -2.12. The van der Waals surface area contributed by atoms with Crippen molar-refractivity contribution in [1.82, 2.24) is 24.9 Å². The van der Waals surface area contributed by atoms with Gasteiger partial charge in [-0.15, -0.1) is 5.10 Å². The van der Waals surface area contributed by atoms with E-state index in [4.69, 9.17) is 9.47 Å². The Labute approximate surface area is 161 Å². The van der Waals surface area contributed by atoms with Gasteiger partial charge in [0.2, 0.25) is 5.16 Å². The first-order valence-electron chi connectivity index (χ1n) is 8.78. The van der Waals surface area contributed by atoms with Crippen LogP contribution >= 0.6 is 11.8 Å². The Morgan fingerprint density at radius 3 is 2.89 bits per heavy atom. The molecule has 0 spiro atoms. The average Bonchev–Trinajstić information content (AvgIpc) is 3.31. The molecule has 146 valence electrons. The third-order valence-corrected chi connectivity index (χ3v) is 4.99. The number of fused-ring (bicyclic) bond motifs is 1. The van der Waals surface area contributed by atoms with Crippen LogP contribution in [0.25, 0.3) is 5.78 Å². The summed E-state index contributed by atoms with van der Waals surface area (Å²) in [6, 6.07) is 0. The fraction of sp³-hybridized carbons (Fsp3) is 0.588. The third kappa shape index (κ3) is 4.75. The summed E-state index contributed by atoms with van der Waals surface area (Å²) in [6.45, 7) is 4.55. The van der Waals surface area contributed by atoms with Crippen LogP contribution in [0.4, 0.5) is 0 Å². The highest BCUT2D eigenvalue weighted by Crippen LogP contribution is 2.17. The van der Waals surface area contributed by atoms with E-state index in [0.717, 1.165) is 30.7 Å². The number of rotatable bonds is 7. The smallest absolute Gasteiger partial charge is 0.310 e. The molecule has 10 heteroatoms. The van der Waals surface area contributed by atoms with Gasteiger partial charge in [-0.25, -0.2) is 9.50 Å². The van der Waals surface area contributed by atoms with Crippen molar-refractivity contribution in [2.24, 2.45) is 0 Å². The summed E-state index contributed by atoms with van der Waals surface area (Å²) in [5, 5.41) is 7.69. The van der Waals surface area contributed by atoms with E-state index in [1.165, 1.54) is 11.8 Å². The monoisotopic (exact) mass is 393 g/mol. The first-order valence-corrected chi connectivity index (χ1v) is 10.0. The fourth-order valence-electron chi connectivity index (χ4n) is 2.96. The van der Waals surface area contributed by atoms with Gasteiger partial charge in [-0.05, 0) is 32.9 Å². The lowest BCUT2D eigenvalue weighted by Crippen LogP contribution is -2.35. The Bertz CT molecular complexity index is 847. The molecule has 1 saturated heterocycles. The summed E-state index contributed by atoms with van der Waals surface area (Å²) in [6.07, 6.45) is 3.92. The van der Waals surface area contributed by atoms with Crippen molar-refractivity contribution in [1.29, 1.82) is 0 Å². The number of hydrogen-bond donors (Lipinski definition) is 1. The van der Waals surface area contributed by atoms with Gasteiger partial charge in [0.05, 0.1) is 12.5 Å². The third-order valence-electron chi connectivity index (χ3n) is 4.45. The molecule has 27 heavy (non-hydrogen) atoms. The molecule has 0 aliphatic carbocycles. The average molecular weight is 393 g/mol. The van der Waals surface area contributed by atoms with Crippen LogP contribution in [-0.2, 0) is 25.5 Å².